The van der Waals surface area contributed by atoms with Crippen molar-refractivity contribution in [2.75, 3.05) is 7.11 Å². The zero-order valence-electron chi connectivity index (χ0n) is 10.1. The lowest BCUT2D eigenvalue weighted by molar-refractivity contribution is 0.177. The van der Waals surface area contributed by atoms with Gasteiger partial charge in [0.2, 0.25) is 0 Å². The summed E-state index contributed by atoms with van der Waals surface area (Å²) in [6, 6.07) is 7.49. The van der Waals surface area contributed by atoms with Crippen LogP contribution < -0.4 is 5.63 Å². The van der Waals surface area contributed by atoms with E-state index in [2.05, 4.69) is 19.9 Å². The van der Waals surface area contributed by atoms with Crippen molar-refractivity contribution >= 4 is 11.4 Å². The van der Waals surface area contributed by atoms with Crippen LogP contribution in [-0.2, 0) is 11.3 Å². The highest BCUT2D eigenvalue weighted by Crippen LogP contribution is 2.18. The second kappa shape index (κ2) is 5.42. The zero-order valence-corrected chi connectivity index (χ0v) is 10.1. The summed E-state index contributed by atoms with van der Waals surface area (Å²) >= 11 is 0. The first-order chi connectivity index (χ1) is 8.70. The number of H-pyrrole nitrogens is 1. The number of ether oxygens (including phenoxy) is 1. The summed E-state index contributed by atoms with van der Waals surface area (Å²) in [6.07, 6.45) is 0. The summed E-state index contributed by atoms with van der Waals surface area (Å²) in [7, 11) is 1.52. The molecule has 6 nitrogen and oxygen atoms in total. The third-order valence-electron chi connectivity index (χ3n) is 2.33. The Bertz CT molecular complexity index is 596. The van der Waals surface area contributed by atoms with Crippen LogP contribution in [0.5, 0.6) is 0 Å². The van der Waals surface area contributed by atoms with Gasteiger partial charge in [-0.25, -0.2) is 9.95 Å². The Morgan fingerprint density at radius 2 is 2.00 bits per heavy atom. The van der Waals surface area contributed by atoms with Crippen LogP contribution in [0.4, 0.5) is 11.4 Å². The number of aromatic amines is 1. The first-order valence-corrected chi connectivity index (χ1v) is 5.38. The highest BCUT2D eigenvalue weighted by Gasteiger charge is 2.10. The number of benzene rings is 1. The number of aromatic nitrogens is 1. The van der Waals surface area contributed by atoms with Crippen LogP contribution in [-0.4, -0.2) is 12.3 Å². The van der Waals surface area contributed by atoms with Gasteiger partial charge in [0.25, 0.3) is 0 Å². The second-order valence-corrected chi connectivity index (χ2v) is 3.79. The normalized spacial score (nSPS) is 11.2. The Balaban J connectivity index is 2.25. The van der Waals surface area contributed by atoms with Crippen LogP contribution in [0, 0.1) is 6.92 Å². The Labute approximate surface area is 103 Å². The molecule has 0 atom stereocenters. The first kappa shape index (κ1) is 12.3. The summed E-state index contributed by atoms with van der Waals surface area (Å²) in [6.45, 7) is 2.20. The van der Waals surface area contributed by atoms with Crippen molar-refractivity contribution in [1.82, 2.24) is 5.16 Å². The third-order valence-corrected chi connectivity index (χ3v) is 2.33. The van der Waals surface area contributed by atoms with Gasteiger partial charge in [0, 0.05) is 7.11 Å². The predicted molar refractivity (Wildman–Crippen MR) is 65.4 cm³/mol. The maximum atomic E-state index is 11.4. The van der Waals surface area contributed by atoms with Crippen LogP contribution in [0.2, 0.25) is 0 Å². The molecule has 0 radical (unpaired) electrons. The molecule has 1 heterocycles. The Hall–Kier alpha value is -2.21. The van der Waals surface area contributed by atoms with Gasteiger partial charge in [-0.3, -0.25) is 0 Å². The molecule has 0 amide bonds. The van der Waals surface area contributed by atoms with E-state index in [9.17, 15) is 4.79 Å². The van der Waals surface area contributed by atoms with E-state index in [1.165, 1.54) is 7.11 Å². The van der Waals surface area contributed by atoms with Crippen molar-refractivity contribution in [2.24, 2.45) is 10.2 Å². The van der Waals surface area contributed by atoms with E-state index in [1.54, 1.807) is 0 Å². The molecule has 0 bridgehead atoms. The summed E-state index contributed by atoms with van der Waals surface area (Å²) in [5.41, 5.74) is 1.86. The van der Waals surface area contributed by atoms with E-state index in [0.29, 0.717) is 11.4 Å². The molecule has 1 N–H and O–H groups in total. The van der Waals surface area contributed by atoms with Crippen LogP contribution in [0.1, 0.15) is 11.3 Å². The Morgan fingerprint density at radius 1 is 1.28 bits per heavy atom. The summed E-state index contributed by atoms with van der Waals surface area (Å²) in [5.74, 6) is 0. The zero-order chi connectivity index (χ0) is 13.0. The minimum absolute atomic E-state index is 0.137. The molecule has 94 valence electrons. The van der Waals surface area contributed by atoms with E-state index < -0.39 is 5.63 Å². The van der Waals surface area contributed by atoms with Gasteiger partial charge >= 0.3 is 5.63 Å². The smallest absolute Gasteiger partial charge is 0.378 e. The predicted octanol–water partition coefficient (Wildman–Crippen LogP) is 2.84. The van der Waals surface area contributed by atoms with Crippen LogP contribution in [0.15, 0.2) is 43.8 Å². The van der Waals surface area contributed by atoms with Gasteiger partial charge in [0.1, 0.15) is 5.69 Å². The Morgan fingerprint density at radius 3 is 2.67 bits per heavy atom. The standard InChI is InChI=1S/C12H13N3O3/c1-8-3-5-9(6-4-8)13-14-11-10(7-17-2)15-18-12(11)16/h3-6,15H,7H2,1-2H3. The average Bonchev–Trinajstić information content (AvgIpc) is 2.71. The van der Waals surface area contributed by atoms with Crippen molar-refractivity contribution in [2.45, 2.75) is 13.5 Å². The maximum absolute atomic E-state index is 11.4. The van der Waals surface area contributed by atoms with E-state index in [-0.39, 0.29) is 12.3 Å². The molecule has 0 fully saturated rings. The van der Waals surface area contributed by atoms with E-state index in [1.807, 2.05) is 31.2 Å². The van der Waals surface area contributed by atoms with Crippen molar-refractivity contribution in [3.63, 3.8) is 0 Å². The monoisotopic (exact) mass is 247 g/mol. The molecule has 0 aliphatic rings. The molecule has 2 aromatic rings. The van der Waals surface area contributed by atoms with Gasteiger partial charge in [0.05, 0.1) is 12.3 Å². The topological polar surface area (TPSA) is 80.0 Å². The van der Waals surface area contributed by atoms with Gasteiger partial charge < -0.3 is 9.26 Å². The van der Waals surface area contributed by atoms with Crippen molar-refractivity contribution in [1.29, 1.82) is 0 Å². The lowest BCUT2D eigenvalue weighted by atomic mass is 10.2. The van der Waals surface area contributed by atoms with Crippen molar-refractivity contribution in [3.05, 3.63) is 45.9 Å². The van der Waals surface area contributed by atoms with Gasteiger partial charge in [-0.05, 0) is 19.1 Å². The van der Waals surface area contributed by atoms with Gasteiger partial charge in [-0.15, -0.1) is 5.11 Å². The number of aryl methyl sites for hydroxylation is 1. The van der Waals surface area contributed by atoms with E-state index in [4.69, 9.17) is 4.74 Å². The first-order valence-electron chi connectivity index (χ1n) is 5.38. The SMILES string of the molecule is COCc1[nH]oc(=O)c1N=Nc1ccc(C)cc1. The molecule has 0 saturated heterocycles. The van der Waals surface area contributed by atoms with Crippen molar-refractivity contribution < 1.29 is 9.26 Å². The highest BCUT2D eigenvalue weighted by molar-refractivity contribution is 5.41. The van der Waals surface area contributed by atoms with E-state index >= 15 is 0 Å². The average molecular weight is 247 g/mol. The van der Waals surface area contributed by atoms with Gasteiger partial charge in [0.15, 0.2) is 5.69 Å². The number of hydrogen-bond donors (Lipinski definition) is 1. The highest BCUT2D eigenvalue weighted by atomic mass is 16.5. The molecule has 6 heteroatoms. The lowest BCUT2D eigenvalue weighted by Gasteiger charge is -1.94. The molecule has 1 aromatic carbocycles. The number of nitrogens with zero attached hydrogens (tertiary/aromatic N) is 2. The molecule has 18 heavy (non-hydrogen) atoms. The summed E-state index contributed by atoms with van der Waals surface area (Å²) < 4.78 is 9.56. The molecule has 0 aliphatic heterocycles. The quantitative estimate of drug-likeness (QED) is 0.843. The molecule has 2 rings (SSSR count). The van der Waals surface area contributed by atoms with Crippen LogP contribution in [0.3, 0.4) is 0 Å². The molecule has 1 aromatic heterocycles. The fourth-order valence-electron chi connectivity index (χ4n) is 1.39. The summed E-state index contributed by atoms with van der Waals surface area (Å²) in [4.78, 5) is 11.4. The van der Waals surface area contributed by atoms with E-state index in [0.717, 1.165) is 5.56 Å². The van der Waals surface area contributed by atoms with Crippen LogP contribution in [0.25, 0.3) is 0 Å². The Kier molecular flexibility index (Phi) is 3.69. The number of nitrogens with one attached hydrogen (secondary N) is 1. The molecule has 0 saturated carbocycles. The van der Waals surface area contributed by atoms with Crippen molar-refractivity contribution in [3.8, 4) is 0 Å². The van der Waals surface area contributed by atoms with Gasteiger partial charge in [-0.1, -0.05) is 17.7 Å². The number of azo groups is 1. The van der Waals surface area contributed by atoms with Crippen LogP contribution >= 0.6 is 0 Å². The fourth-order valence-corrected chi connectivity index (χ4v) is 1.39. The molecular weight excluding hydrogens is 234 g/mol. The minimum Gasteiger partial charge on any atom is -0.378 e. The lowest BCUT2D eigenvalue weighted by Crippen LogP contribution is -1.92. The number of methoxy groups -OCH3 is 1. The largest absolute Gasteiger partial charge is 0.385 e. The molecule has 0 spiro atoms. The summed E-state index contributed by atoms with van der Waals surface area (Å²) in [5, 5.41) is 10.3. The number of rotatable bonds is 4. The second-order valence-electron chi connectivity index (χ2n) is 3.79. The fraction of sp³-hybridized carbons (Fsp3) is 0.250. The maximum Gasteiger partial charge on any atom is 0.385 e. The third kappa shape index (κ3) is 2.72. The molecule has 0 aliphatic carbocycles. The number of hydrogen-bond acceptors (Lipinski definition) is 5. The molecule has 0 unspecified atom stereocenters. The van der Waals surface area contributed by atoms with Gasteiger partial charge in [-0.2, -0.15) is 5.11 Å². The minimum atomic E-state index is -0.557. The molecular formula is C12H13N3O3.